The van der Waals surface area contributed by atoms with E-state index in [1.165, 1.54) is 24.3 Å². The monoisotopic (exact) mass is 372 g/mol. The Bertz CT molecular complexity index is 790. The van der Waals surface area contributed by atoms with Gasteiger partial charge in [-0.05, 0) is 36.6 Å². The third kappa shape index (κ3) is 6.99. The molecule has 0 atom stereocenters. The SMILES string of the molecule is CCCCCCc1cc(Oc2ccccc2[O-])cc(S(=O)(=O)O)c1.[Na+]. The van der Waals surface area contributed by atoms with Gasteiger partial charge in [0, 0.05) is 6.07 Å². The summed E-state index contributed by atoms with van der Waals surface area (Å²) in [6.45, 7) is 2.12. The zero-order chi connectivity index (χ0) is 17.6. The van der Waals surface area contributed by atoms with Crippen LogP contribution in [0.3, 0.4) is 0 Å². The van der Waals surface area contributed by atoms with E-state index >= 15 is 0 Å². The van der Waals surface area contributed by atoms with Crippen molar-refractivity contribution in [1.82, 2.24) is 0 Å². The molecule has 0 aliphatic carbocycles. The molecule has 0 aliphatic rings. The van der Waals surface area contributed by atoms with E-state index in [-0.39, 0.29) is 51.7 Å². The molecule has 2 aromatic rings. The average Bonchev–Trinajstić information content (AvgIpc) is 2.53. The Hall–Kier alpha value is -1.05. The van der Waals surface area contributed by atoms with Gasteiger partial charge in [0.1, 0.15) is 11.5 Å². The fourth-order valence-electron chi connectivity index (χ4n) is 2.40. The molecule has 0 aromatic heterocycles. The maximum Gasteiger partial charge on any atom is 1.00 e. The molecule has 0 amide bonds. The first kappa shape index (κ1) is 22.0. The maximum atomic E-state index is 11.7. The Labute approximate surface area is 171 Å². The molecule has 2 aromatic carbocycles. The molecule has 0 saturated carbocycles. The van der Waals surface area contributed by atoms with E-state index in [1.54, 1.807) is 18.2 Å². The van der Waals surface area contributed by atoms with Crippen molar-refractivity contribution in [2.45, 2.75) is 43.9 Å². The summed E-state index contributed by atoms with van der Waals surface area (Å²) >= 11 is 0. The number of para-hydroxylation sites is 2. The minimum absolute atomic E-state index is 0. The first-order valence-corrected chi connectivity index (χ1v) is 9.39. The number of hydrogen-bond acceptors (Lipinski definition) is 4. The van der Waals surface area contributed by atoms with Crippen molar-refractivity contribution >= 4 is 10.1 Å². The van der Waals surface area contributed by atoms with Gasteiger partial charge in [0.15, 0.2) is 0 Å². The van der Waals surface area contributed by atoms with Crippen molar-refractivity contribution in [2.75, 3.05) is 0 Å². The quantitative estimate of drug-likeness (QED) is 0.423. The Balaban J connectivity index is 0.00000312. The Morgan fingerprint density at radius 1 is 1.08 bits per heavy atom. The van der Waals surface area contributed by atoms with Crippen molar-refractivity contribution < 1.29 is 52.4 Å². The van der Waals surface area contributed by atoms with Crippen molar-refractivity contribution in [2.24, 2.45) is 0 Å². The van der Waals surface area contributed by atoms with Gasteiger partial charge in [0.2, 0.25) is 0 Å². The molecule has 25 heavy (non-hydrogen) atoms. The average molecular weight is 372 g/mol. The summed E-state index contributed by atoms with van der Waals surface area (Å²) in [5, 5.41) is 11.7. The molecule has 0 radical (unpaired) electrons. The van der Waals surface area contributed by atoms with Crippen molar-refractivity contribution in [3.05, 3.63) is 48.0 Å². The summed E-state index contributed by atoms with van der Waals surface area (Å²) in [5.74, 6) is 0.0418. The van der Waals surface area contributed by atoms with E-state index in [9.17, 15) is 18.1 Å². The molecule has 0 spiro atoms. The summed E-state index contributed by atoms with van der Waals surface area (Å²) in [6, 6.07) is 10.5. The summed E-state index contributed by atoms with van der Waals surface area (Å²) < 4.78 is 37.8. The second-order valence-corrected chi connectivity index (χ2v) is 7.07. The molecule has 2 rings (SSSR count). The van der Waals surface area contributed by atoms with Gasteiger partial charge < -0.3 is 9.84 Å². The van der Waals surface area contributed by atoms with Gasteiger partial charge in [-0.15, -0.1) is 0 Å². The van der Waals surface area contributed by atoms with Gasteiger partial charge in [-0.25, -0.2) is 0 Å². The van der Waals surface area contributed by atoms with Gasteiger partial charge in [0.05, 0.1) is 4.90 Å². The largest absolute Gasteiger partial charge is 1.00 e. The van der Waals surface area contributed by atoms with E-state index in [2.05, 4.69) is 6.92 Å². The number of benzene rings is 2. The molecule has 5 nitrogen and oxygen atoms in total. The topological polar surface area (TPSA) is 86.7 Å². The number of hydrogen-bond donors (Lipinski definition) is 1. The van der Waals surface area contributed by atoms with E-state index < -0.39 is 10.1 Å². The van der Waals surface area contributed by atoms with Crippen LogP contribution in [0.15, 0.2) is 47.4 Å². The van der Waals surface area contributed by atoms with Crippen LogP contribution in [0.1, 0.15) is 38.2 Å². The Morgan fingerprint density at radius 3 is 2.44 bits per heavy atom. The van der Waals surface area contributed by atoms with Crippen LogP contribution in [0.5, 0.6) is 17.2 Å². The smallest absolute Gasteiger partial charge is 0.870 e. The summed E-state index contributed by atoms with van der Waals surface area (Å²) in [7, 11) is -4.34. The third-order valence-corrected chi connectivity index (χ3v) is 4.47. The van der Waals surface area contributed by atoms with Gasteiger partial charge in [-0.1, -0.05) is 50.1 Å². The number of aryl methyl sites for hydroxylation is 1. The maximum absolute atomic E-state index is 11.7. The Kier molecular flexibility index (Phi) is 8.96. The second-order valence-electron chi connectivity index (χ2n) is 5.65. The van der Waals surface area contributed by atoms with Gasteiger partial charge in [0.25, 0.3) is 10.1 Å². The molecular formula is C18H21NaO5S. The normalized spacial score (nSPS) is 11.0. The molecular weight excluding hydrogens is 351 g/mol. The van der Waals surface area contributed by atoms with Gasteiger partial charge in [-0.2, -0.15) is 8.42 Å². The van der Waals surface area contributed by atoms with Gasteiger partial charge >= 0.3 is 29.6 Å². The standard InChI is InChI=1S/C18H22O5S.Na/c1-2-3-4-5-8-14-11-15(13-16(12-14)24(20,21)22)23-18-10-7-6-9-17(18)19;/h6-7,9-13,19H,2-5,8H2,1H3,(H,20,21,22);/q;+1/p-1. The predicted molar refractivity (Wildman–Crippen MR) is 90.1 cm³/mol. The van der Waals surface area contributed by atoms with Crippen molar-refractivity contribution in [1.29, 1.82) is 0 Å². The molecule has 7 heteroatoms. The van der Waals surface area contributed by atoms with E-state index in [4.69, 9.17) is 4.74 Å². The molecule has 0 fully saturated rings. The molecule has 0 saturated heterocycles. The molecule has 1 N–H and O–H groups in total. The van der Waals surface area contributed by atoms with Crippen LogP contribution < -0.4 is 39.4 Å². The van der Waals surface area contributed by atoms with Crippen LogP contribution in [-0.2, 0) is 16.5 Å². The van der Waals surface area contributed by atoms with Crippen LogP contribution in [0.4, 0.5) is 0 Å². The minimum Gasteiger partial charge on any atom is -0.870 e. The zero-order valence-corrected chi connectivity index (χ0v) is 17.4. The number of ether oxygens (including phenoxy) is 1. The number of unbranched alkanes of at least 4 members (excludes halogenated alkanes) is 3. The van der Waals surface area contributed by atoms with Crippen molar-refractivity contribution in [3.8, 4) is 17.2 Å². The Morgan fingerprint density at radius 2 is 1.80 bits per heavy atom. The summed E-state index contributed by atoms with van der Waals surface area (Å²) in [6.07, 6.45) is 4.87. The second kappa shape index (κ2) is 10.2. The van der Waals surface area contributed by atoms with E-state index in [0.29, 0.717) is 6.42 Å². The molecule has 0 heterocycles. The van der Waals surface area contributed by atoms with Crippen LogP contribution in [-0.4, -0.2) is 13.0 Å². The zero-order valence-electron chi connectivity index (χ0n) is 14.6. The van der Waals surface area contributed by atoms with Crippen LogP contribution in [0.2, 0.25) is 0 Å². The molecule has 0 unspecified atom stereocenters. The first-order chi connectivity index (χ1) is 11.4. The number of rotatable bonds is 8. The van der Waals surface area contributed by atoms with E-state index in [1.807, 2.05) is 0 Å². The molecule has 0 bridgehead atoms. The van der Waals surface area contributed by atoms with Crippen LogP contribution in [0.25, 0.3) is 0 Å². The third-order valence-electron chi connectivity index (χ3n) is 3.63. The summed E-state index contributed by atoms with van der Waals surface area (Å²) in [4.78, 5) is -0.228. The fourth-order valence-corrected chi connectivity index (χ4v) is 2.97. The van der Waals surface area contributed by atoms with Gasteiger partial charge in [-0.3, -0.25) is 4.55 Å². The molecule has 0 aliphatic heterocycles. The van der Waals surface area contributed by atoms with Crippen LogP contribution >= 0.6 is 0 Å². The molecule has 130 valence electrons. The van der Waals surface area contributed by atoms with Crippen LogP contribution in [0, 0.1) is 0 Å². The fraction of sp³-hybridized carbons (Fsp3) is 0.333. The van der Waals surface area contributed by atoms with Crippen molar-refractivity contribution in [3.63, 3.8) is 0 Å². The first-order valence-electron chi connectivity index (χ1n) is 7.95. The predicted octanol–water partition coefficient (Wildman–Crippen LogP) is 0.926. The van der Waals surface area contributed by atoms with E-state index in [0.717, 1.165) is 31.2 Å². The summed E-state index contributed by atoms with van der Waals surface area (Å²) in [5.41, 5.74) is 0.750. The minimum atomic E-state index is -4.34.